The van der Waals surface area contributed by atoms with Crippen molar-refractivity contribution in [1.29, 1.82) is 0 Å². The molecule has 4 aliphatic rings. The Morgan fingerprint density at radius 3 is 2.07 bits per heavy atom. The Kier molecular flexibility index (Phi) is 5.71. The number of hydrogen-bond donors (Lipinski definition) is 0. The molecule has 4 fully saturated rings. The molecule has 7 heteroatoms. The lowest BCUT2D eigenvalue weighted by Gasteiger charge is -2.44. The van der Waals surface area contributed by atoms with Crippen LogP contribution in [0.4, 0.5) is 0 Å². The molecule has 158 valence electrons. The first kappa shape index (κ1) is 20.8. The summed E-state index contributed by atoms with van der Waals surface area (Å²) in [6, 6.07) is 0. The Morgan fingerprint density at radius 2 is 1.50 bits per heavy atom. The van der Waals surface area contributed by atoms with Gasteiger partial charge in [-0.3, -0.25) is 0 Å². The SMILES string of the molecule is CC1(C)OB(/C=C/C2(OC3CCCCO3)CCC3(CC2)OCCO3)OC1(C)C. The van der Waals surface area contributed by atoms with Gasteiger partial charge in [-0.15, -0.1) is 0 Å². The first-order valence-electron chi connectivity index (χ1n) is 10.9. The summed E-state index contributed by atoms with van der Waals surface area (Å²) in [4.78, 5) is 0. The third-order valence-electron chi connectivity index (χ3n) is 7.00. The van der Waals surface area contributed by atoms with Crippen LogP contribution in [0.15, 0.2) is 12.1 Å². The molecule has 0 N–H and O–H groups in total. The lowest BCUT2D eigenvalue weighted by atomic mass is 9.77. The van der Waals surface area contributed by atoms with E-state index < -0.39 is 11.4 Å². The normalized spacial score (nSPS) is 33.7. The Hall–Kier alpha value is -0.435. The zero-order chi connectivity index (χ0) is 19.9. The van der Waals surface area contributed by atoms with Crippen LogP contribution in [-0.2, 0) is 28.3 Å². The predicted molar refractivity (Wildman–Crippen MR) is 106 cm³/mol. The summed E-state index contributed by atoms with van der Waals surface area (Å²) in [5.41, 5.74) is -1.08. The molecule has 1 saturated carbocycles. The van der Waals surface area contributed by atoms with E-state index in [1.54, 1.807) is 0 Å². The predicted octanol–water partition coefficient (Wildman–Crippen LogP) is 3.77. The Labute approximate surface area is 169 Å². The second-order valence-electron chi connectivity index (χ2n) is 9.57. The lowest BCUT2D eigenvalue weighted by Crippen LogP contribution is -2.46. The first-order chi connectivity index (χ1) is 13.2. The zero-order valence-electron chi connectivity index (χ0n) is 17.8. The number of hydrogen-bond acceptors (Lipinski definition) is 6. The van der Waals surface area contributed by atoms with Gasteiger partial charge in [0.05, 0.1) is 30.0 Å². The Bertz CT molecular complexity index is 551. The van der Waals surface area contributed by atoms with E-state index in [2.05, 4.69) is 33.8 Å². The van der Waals surface area contributed by atoms with Crippen LogP contribution in [0.3, 0.4) is 0 Å². The van der Waals surface area contributed by atoms with Gasteiger partial charge in [0.25, 0.3) is 0 Å². The van der Waals surface area contributed by atoms with Crippen molar-refractivity contribution in [3.8, 4) is 0 Å². The average molecular weight is 394 g/mol. The monoisotopic (exact) mass is 394 g/mol. The highest BCUT2D eigenvalue weighted by Crippen LogP contribution is 2.44. The second kappa shape index (κ2) is 7.67. The van der Waals surface area contributed by atoms with Gasteiger partial charge in [0.2, 0.25) is 0 Å². The highest BCUT2D eigenvalue weighted by atomic mass is 16.7. The molecule has 3 heterocycles. The number of rotatable bonds is 4. The average Bonchev–Trinajstić information content (AvgIpc) is 3.19. The summed E-state index contributed by atoms with van der Waals surface area (Å²) < 4.78 is 36.5. The van der Waals surface area contributed by atoms with Crippen molar-refractivity contribution < 1.29 is 28.3 Å². The fraction of sp³-hybridized carbons (Fsp3) is 0.905. The van der Waals surface area contributed by atoms with Crippen molar-refractivity contribution in [2.45, 2.75) is 102 Å². The molecule has 28 heavy (non-hydrogen) atoms. The van der Waals surface area contributed by atoms with Gasteiger partial charge in [0.15, 0.2) is 12.1 Å². The molecule has 0 bridgehead atoms. The summed E-state index contributed by atoms with van der Waals surface area (Å²) in [7, 11) is -0.368. The van der Waals surface area contributed by atoms with Crippen molar-refractivity contribution in [2.24, 2.45) is 0 Å². The molecule has 1 atom stereocenters. The quantitative estimate of drug-likeness (QED) is 0.677. The summed E-state index contributed by atoms with van der Waals surface area (Å²) in [5, 5.41) is 0. The highest BCUT2D eigenvalue weighted by Gasteiger charge is 2.51. The van der Waals surface area contributed by atoms with E-state index in [0.717, 1.165) is 51.6 Å². The van der Waals surface area contributed by atoms with Gasteiger partial charge < -0.3 is 28.3 Å². The molecule has 0 amide bonds. The van der Waals surface area contributed by atoms with E-state index >= 15 is 0 Å². The summed E-state index contributed by atoms with van der Waals surface area (Å²) in [5.74, 6) is 1.60. The van der Waals surface area contributed by atoms with E-state index in [-0.39, 0.29) is 24.6 Å². The molecule has 0 aromatic heterocycles. The minimum absolute atomic E-state index is 0.142. The third kappa shape index (κ3) is 4.21. The van der Waals surface area contributed by atoms with Crippen LogP contribution in [0.25, 0.3) is 0 Å². The molecule has 6 nitrogen and oxygen atoms in total. The lowest BCUT2D eigenvalue weighted by molar-refractivity contribution is -0.249. The molecule has 1 aliphatic carbocycles. The van der Waals surface area contributed by atoms with Crippen molar-refractivity contribution in [1.82, 2.24) is 0 Å². The fourth-order valence-electron chi connectivity index (χ4n) is 4.45. The van der Waals surface area contributed by atoms with Crippen molar-refractivity contribution in [3.63, 3.8) is 0 Å². The molecule has 0 radical (unpaired) electrons. The zero-order valence-corrected chi connectivity index (χ0v) is 17.8. The van der Waals surface area contributed by atoms with E-state index in [1.807, 2.05) is 5.98 Å². The molecule has 3 saturated heterocycles. The largest absolute Gasteiger partial charge is 0.486 e. The topological polar surface area (TPSA) is 55.4 Å². The minimum Gasteiger partial charge on any atom is -0.400 e. The van der Waals surface area contributed by atoms with Gasteiger partial charge in [-0.2, -0.15) is 0 Å². The van der Waals surface area contributed by atoms with Crippen molar-refractivity contribution >= 4 is 7.12 Å². The van der Waals surface area contributed by atoms with Crippen molar-refractivity contribution in [2.75, 3.05) is 19.8 Å². The molecular weight excluding hydrogens is 359 g/mol. The molecule has 1 unspecified atom stereocenters. The maximum Gasteiger partial charge on any atom is 0.486 e. The molecule has 4 rings (SSSR count). The highest BCUT2D eigenvalue weighted by molar-refractivity contribution is 6.51. The van der Waals surface area contributed by atoms with Crippen molar-refractivity contribution in [3.05, 3.63) is 12.1 Å². The first-order valence-corrected chi connectivity index (χ1v) is 10.9. The van der Waals surface area contributed by atoms with E-state index in [4.69, 9.17) is 28.3 Å². The molecule has 1 spiro atoms. The minimum atomic E-state index is -0.418. The van der Waals surface area contributed by atoms with Crippen LogP contribution in [0.5, 0.6) is 0 Å². The standard InChI is InChI=1S/C21H35BO6/c1-18(2)19(3,4)28-22(27-18)13-12-20(26-17-7-5-6-14-23-17)8-10-21(11-9-20)24-15-16-25-21/h12-13,17H,5-11,14-16H2,1-4H3/b13-12+. The molecule has 3 aliphatic heterocycles. The second-order valence-corrected chi connectivity index (χ2v) is 9.57. The van der Waals surface area contributed by atoms with Crippen LogP contribution >= 0.6 is 0 Å². The molecule has 0 aromatic carbocycles. The summed E-state index contributed by atoms with van der Waals surface area (Å²) >= 11 is 0. The van der Waals surface area contributed by atoms with Gasteiger partial charge in [0.1, 0.15) is 0 Å². The Balaban J connectivity index is 1.47. The Morgan fingerprint density at radius 1 is 0.857 bits per heavy atom. The maximum absolute atomic E-state index is 6.56. The summed E-state index contributed by atoms with van der Waals surface area (Å²) in [6.07, 6.45) is 8.54. The molecular formula is C21H35BO6. The van der Waals surface area contributed by atoms with Crippen LogP contribution < -0.4 is 0 Å². The van der Waals surface area contributed by atoms with Gasteiger partial charge in [-0.25, -0.2) is 0 Å². The summed E-state index contributed by atoms with van der Waals surface area (Å²) in [6.45, 7) is 10.4. The van der Waals surface area contributed by atoms with Gasteiger partial charge in [-0.1, -0.05) is 12.1 Å². The third-order valence-corrected chi connectivity index (χ3v) is 7.00. The van der Waals surface area contributed by atoms with Gasteiger partial charge in [0, 0.05) is 19.4 Å². The van der Waals surface area contributed by atoms with Crippen LogP contribution in [0.1, 0.15) is 72.6 Å². The van der Waals surface area contributed by atoms with E-state index in [1.165, 1.54) is 0 Å². The maximum atomic E-state index is 6.56. The van der Waals surface area contributed by atoms with Crippen LogP contribution in [0, 0.1) is 0 Å². The van der Waals surface area contributed by atoms with Gasteiger partial charge >= 0.3 is 7.12 Å². The number of ether oxygens (including phenoxy) is 4. The van der Waals surface area contributed by atoms with E-state index in [0.29, 0.717) is 13.2 Å². The molecule has 0 aromatic rings. The van der Waals surface area contributed by atoms with Crippen LogP contribution in [-0.4, -0.2) is 55.8 Å². The van der Waals surface area contributed by atoms with Crippen LogP contribution in [0.2, 0.25) is 0 Å². The van der Waals surface area contributed by atoms with E-state index in [9.17, 15) is 0 Å². The smallest absolute Gasteiger partial charge is 0.400 e. The van der Waals surface area contributed by atoms with Gasteiger partial charge in [-0.05, 0) is 59.8 Å². The fourth-order valence-corrected chi connectivity index (χ4v) is 4.45.